The highest BCUT2D eigenvalue weighted by atomic mass is 16.5. The molecule has 0 saturated carbocycles. The summed E-state index contributed by atoms with van der Waals surface area (Å²) in [5.41, 5.74) is 2.22. The zero-order valence-corrected chi connectivity index (χ0v) is 13.4. The van der Waals surface area contributed by atoms with Gasteiger partial charge in [-0.1, -0.05) is 6.08 Å². The summed E-state index contributed by atoms with van der Waals surface area (Å²) in [6, 6.07) is 0. The molecule has 1 aliphatic heterocycles. The number of hydrogen-bond acceptors (Lipinski definition) is 5. The van der Waals surface area contributed by atoms with Gasteiger partial charge < -0.3 is 18.9 Å². The van der Waals surface area contributed by atoms with E-state index in [1.807, 2.05) is 12.2 Å². The summed E-state index contributed by atoms with van der Waals surface area (Å²) < 4.78 is 12.2. The van der Waals surface area contributed by atoms with Crippen LogP contribution in [0.1, 0.15) is 29.5 Å². The van der Waals surface area contributed by atoms with E-state index in [0.717, 1.165) is 5.70 Å². The van der Waals surface area contributed by atoms with Crippen LogP contribution in [-0.4, -0.2) is 53.2 Å². The molecule has 1 aliphatic carbocycles. The van der Waals surface area contributed by atoms with Gasteiger partial charge in [-0.2, -0.15) is 0 Å². The SMILES string of the molecule is CCOC(=O)c1ncn2c1CN(C)C(=O)C1=CC(OC)CC=C12. The summed E-state index contributed by atoms with van der Waals surface area (Å²) >= 11 is 0. The first-order chi connectivity index (χ1) is 11.1. The first kappa shape index (κ1) is 15.5. The second-order valence-electron chi connectivity index (χ2n) is 5.47. The quantitative estimate of drug-likeness (QED) is 0.784. The number of esters is 1. The van der Waals surface area contributed by atoms with Gasteiger partial charge in [-0.3, -0.25) is 4.79 Å². The Bertz CT molecular complexity index is 717. The number of aromatic nitrogens is 2. The van der Waals surface area contributed by atoms with Crippen LogP contribution in [0.4, 0.5) is 0 Å². The van der Waals surface area contributed by atoms with Crippen LogP contribution in [0.2, 0.25) is 0 Å². The minimum atomic E-state index is -0.472. The molecule has 0 bridgehead atoms. The molecule has 1 amide bonds. The summed E-state index contributed by atoms with van der Waals surface area (Å²) in [7, 11) is 3.32. The molecule has 122 valence electrons. The lowest BCUT2D eigenvalue weighted by atomic mass is 10.0. The number of imidazole rings is 1. The zero-order chi connectivity index (χ0) is 16.6. The number of nitrogens with zero attached hydrogens (tertiary/aromatic N) is 3. The lowest BCUT2D eigenvalue weighted by molar-refractivity contribution is -0.125. The Labute approximate surface area is 134 Å². The van der Waals surface area contributed by atoms with Crippen LogP contribution in [0, 0.1) is 0 Å². The topological polar surface area (TPSA) is 73.7 Å². The molecule has 1 aromatic heterocycles. The maximum Gasteiger partial charge on any atom is 0.358 e. The maximum atomic E-state index is 12.6. The van der Waals surface area contributed by atoms with Crippen molar-refractivity contribution in [1.82, 2.24) is 14.5 Å². The third kappa shape index (κ3) is 2.57. The van der Waals surface area contributed by atoms with E-state index in [0.29, 0.717) is 24.2 Å². The Morgan fingerprint density at radius 2 is 2.26 bits per heavy atom. The number of hydrogen-bond donors (Lipinski definition) is 0. The summed E-state index contributed by atoms with van der Waals surface area (Å²) in [6.45, 7) is 2.32. The fourth-order valence-corrected chi connectivity index (χ4v) is 2.85. The molecule has 0 radical (unpaired) electrons. The molecule has 7 heteroatoms. The number of likely N-dealkylation sites (N-methyl/N-ethyl adjacent to an activating group) is 1. The van der Waals surface area contributed by atoms with Gasteiger partial charge in [0.2, 0.25) is 0 Å². The summed E-state index contributed by atoms with van der Waals surface area (Å²) in [5.74, 6) is -0.572. The minimum Gasteiger partial charge on any atom is -0.461 e. The lowest BCUT2D eigenvalue weighted by Crippen LogP contribution is -2.28. The highest BCUT2D eigenvalue weighted by Crippen LogP contribution is 2.31. The Hall–Kier alpha value is -2.41. The van der Waals surface area contributed by atoms with Crippen molar-refractivity contribution in [2.45, 2.75) is 26.0 Å². The van der Waals surface area contributed by atoms with Gasteiger partial charge in [-0.25, -0.2) is 9.78 Å². The van der Waals surface area contributed by atoms with E-state index in [1.54, 1.807) is 36.9 Å². The van der Waals surface area contributed by atoms with E-state index >= 15 is 0 Å². The van der Waals surface area contributed by atoms with Crippen LogP contribution in [0.5, 0.6) is 0 Å². The van der Waals surface area contributed by atoms with Crippen molar-refractivity contribution < 1.29 is 19.1 Å². The van der Waals surface area contributed by atoms with E-state index < -0.39 is 5.97 Å². The number of rotatable bonds is 3. The summed E-state index contributed by atoms with van der Waals surface area (Å²) in [4.78, 5) is 30.5. The molecule has 0 fully saturated rings. The molecule has 2 heterocycles. The van der Waals surface area contributed by atoms with Gasteiger partial charge in [0, 0.05) is 14.2 Å². The molecule has 0 saturated heterocycles. The first-order valence-corrected chi connectivity index (χ1v) is 7.51. The number of carbonyl (C=O) groups is 2. The van der Waals surface area contributed by atoms with E-state index in [1.165, 1.54) is 0 Å². The predicted molar refractivity (Wildman–Crippen MR) is 82.4 cm³/mol. The highest BCUT2D eigenvalue weighted by molar-refractivity contribution is 6.07. The maximum absolute atomic E-state index is 12.6. The van der Waals surface area contributed by atoms with Gasteiger partial charge in [-0.15, -0.1) is 0 Å². The van der Waals surface area contributed by atoms with Crippen molar-refractivity contribution in [2.75, 3.05) is 20.8 Å². The molecule has 1 atom stereocenters. The number of carbonyl (C=O) groups excluding carboxylic acids is 2. The monoisotopic (exact) mass is 317 g/mol. The third-order valence-corrected chi connectivity index (χ3v) is 4.03. The summed E-state index contributed by atoms with van der Waals surface area (Å²) in [5, 5.41) is 0. The Kier molecular flexibility index (Phi) is 4.04. The molecule has 7 nitrogen and oxygen atoms in total. The first-order valence-electron chi connectivity index (χ1n) is 7.51. The van der Waals surface area contributed by atoms with E-state index in [9.17, 15) is 9.59 Å². The van der Waals surface area contributed by atoms with Gasteiger partial charge in [0.15, 0.2) is 5.69 Å². The average Bonchev–Trinajstić information content (AvgIpc) is 2.93. The molecular weight excluding hydrogens is 298 g/mol. The highest BCUT2D eigenvalue weighted by Gasteiger charge is 2.32. The van der Waals surface area contributed by atoms with Crippen molar-refractivity contribution in [3.8, 4) is 0 Å². The molecule has 0 aromatic carbocycles. The summed E-state index contributed by atoms with van der Waals surface area (Å²) in [6.07, 6.45) is 5.88. The Morgan fingerprint density at radius 3 is 2.96 bits per heavy atom. The van der Waals surface area contributed by atoms with Crippen molar-refractivity contribution in [2.24, 2.45) is 0 Å². The minimum absolute atomic E-state index is 0.100. The fraction of sp³-hybridized carbons (Fsp3) is 0.438. The molecule has 0 spiro atoms. The molecule has 0 N–H and O–H groups in total. The number of amides is 1. The Balaban J connectivity index is 2.09. The normalized spacial score (nSPS) is 20.2. The van der Waals surface area contributed by atoms with Crippen molar-refractivity contribution in [3.05, 3.63) is 35.4 Å². The van der Waals surface area contributed by atoms with Crippen molar-refractivity contribution >= 4 is 17.6 Å². The van der Waals surface area contributed by atoms with Crippen LogP contribution < -0.4 is 0 Å². The van der Waals surface area contributed by atoms with Crippen LogP contribution in [0.25, 0.3) is 5.70 Å². The molecule has 2 aliphatic rings. The second kappa shape index (κ2) is 6.00. The fourth-order valence-electron chi connectivity index (χ4n) is 2.85. The van der Waals surface area contributed by atoms with Gasteiger partial charge in [0.25, 0.3) is 5.91 Å². The van der Waals surface area contributed by atoms with Crippen LogP contribution in [0.15, 0.2) is 24.1 Å². The number of fused-ring (bicyclic) bond motifs is 3. The number of methoxy groups -OCH3 is 1. The zero-order valence-electron chi connectivity index (χ0n) is 13.4. The number of ether oxygens (including phenoxy) is 2. The van der Waals surface area contributed by atoms with Crippen LogP contribution in [0.3, 0.4) is 0 Å². The van der Waals surface area contributed by atoms with E-state index in [2.05, 4.69) is 4.98 Å². The second-order valence-corrected chi connectivity index (χ2v) is 5.47. The van der Waals surface area contributed by atoms with Crippen molar-refractivity contribution in [1.29, 1.82) is 0 Å². The molecule has 23 heavy (non-hydrogen) atoms. The molecule has 3 rings (SSSR count). The molecular formula is C16H19N3O4. The van der Waals surface area contributed by atoms with E-state index in [4.69, 9.17) is 9.47 Å². The Morgan fingerprint density at radius 1 is 1.48 bits per heavy atom. The van der Waals surface area contributed by atoms with Gasteiger partial charge in [0.1, 0.15) is 6.33 Å². The van der Waals surface area contributed by atoms with Gasteiger partial charge in [-0.05, 0) is 19.4 Å². The molecule has 1 unspecified atom stereocenters. The largest absolute Gasteiger partial charge is 0.461 e. The van der Waals surface area contributed by atoms with Crippen LogP contribution >= 0.6 is 0 Å². The van der Waals surface area contributed by atoms with Gasteiger partial charge in [0.05, 0.1) is 36.2 Å². The standard InChI is InChI=1S/C16H19N3O4/c1-4-23-16(21)14-13-8-18(2)15(20)11-7-10(22-3)5-6-12(11)19(13)9-17-14/h6-7,9-10H,4-5,8H2,1-3H3. The van der Waals surface area contributed by atoms with E-state index in [-0.39, 0.29) is 24.3 Å². The van der Waals surface area contributed by atoms with Gasteiger partial charge >= 0.3 is 5.97 Å². The smallest absolute Gasteiger partial charge is 0.358 e. The third-order valence-electron chi connectivity index (χ3n) is 4.03. The molecule has 1 aromatic rings. The average molecular weight is 317 g/mol. The lowest BCUT2D eigenvalue weighted by Gasteiger charge is -2.21. The van der Waals surface area contributed by atoms with Crippen molar-refractivity contribution in [3.63, 3.8) is 0 Å². The predicted octanol–water partition coefficient (Wildman–Crippen LogP) is 1.22. The van der Waals surface area contributed by atoms with Crippen LogP contribution in [-0.2, 0) is 20.8 Å².